The van der Waals surface area contributed by atoms with Gasteiger partial charge < -0.3 is 22.1 Å². The van der Waals surface area contributed by atoms with E-state index in [0.29, 0.717) is 5.56 Å². The minimum Gasteiger partial charge on any atom is -1.00 e. The Morgan fingerprint density at radius 3 is 1.63 bits per heavy atom. The maximum Gasteiger partial charge on any atom is 0.335 e. The van der Waals surface area contributed by atoms with Gasteiger partial charge in [-0.1, -0.05) is 49.7 Å². The first-order chi connectivity index (χ1) is 12.7. The van der Waals surface area contributed by atoms with Crippen LogP contribution in [0, 0.1) is 0 Å². The highest BCUT2D eigenvalue weighted by molar-refractivity contribution is 7.95. The van der Waals surface area contributed by atoms with Crippen LogP contribution in [0.15, 0.2) is 84.9 Å². The molecule has 0 saturated carbocycles. The molecule has 0 aromatic heterocycles. The first-order valence-corrected chi connectivity index (χ1v) is 11.0. The molecule has 2 nitrogen and oxygen atoms in total. The second kappa shape index (κ2) is 9.82. The number of hydrogen-bond donors (Lipinski definition) is 1. The highest BCUT2D eigenvalue weighted by atomic mass is 79.9. The molecule has 3 aromatic carbocycles. The van der Waals surface area contributed by atoms with E-state index in [-0.39, 0.29) is 17.0 Å². The van der Waals surface area contributed by atoms with Gasteiger partial charge in [-0.15, -0.1) is 0 Å². The topological polar surface area (TPSA) is 37.3 Å². The quantitative estimate of drug-likeness (QED) is 0.562. The summed E-state index contributed by atoms with van der Waals surface area (Å²) in [6, 6.07) is 28.9. The van der Waals surface area contributed by atoms with Gasteiger partial charge in [-0.3, -0.25) is 0 Å². The van der Waals surface area contributed by atoms with E-state index in [4.69, 9.17) is 0 Å². The van der Waals surface area contributed by atoms with Crippen molar-refractivity contribution in [2.24, 2.45) is 0 Å². The third-order valence-electron chi connectivity index (χ3n) is 4.80. The predicted molar refractivity (Wildman–Crippen MR) is 112 cm³/mol. The molecule has 1 N–H and O–H groups in total. The molecule has 0 unspecified atom stereocenters. The van der Waals surface area contributed by atoms with Gasteiger partial charge in [0.1, 0.15) is 23.2 Å². The minimum absolute atomic E-state index is 0. The monoisotopic (exact) mass is 442 g/mol. The highest BCUT2D eigenvalue weighted by Crippen LogP contribution is 2.55. The molecule has 0 atom stereocenters. The Labute approximate surface area is 172 Å². The molecule has 0 fully saturated rings. The number of benzene rings is 3. The number of unbranched alkanes of at least 4 members (excludes halogenated alkanes) is 1. The molecule has 0 spiro atoms. The van der Waals surface area contributed by atoms with Crippen LogP contribution in [0.5, 0.6) is 0 Å². The predicted octanol–water partition coefficient (Wildman–Crippen LogP) is 1.48. The van der Waals surface area contributed by atoms with Gasteiger partial charge in [-0.2, -0.15) is 0 Å². The Morgan fingerprint density at radius 2 is 1.22 bits per heavy atom. The lowest BCUT2D eigenvalue weighted by molar-refractivity contribution is -0.0000206. The van der Waals surface area contributed by atoms with Crippen LogP contribution < -0.4 is 32.9 Å². The normalized spacial score (nSPS) is 10.9. The lowest BCUT2D eigenvalue weighted by Crippen LogP contribution is -3.00. The van der Waals surface area contributed by atoms with E-state index in [1.165, 1.54) is 15.9 Å². The Hall–Kier alpha value is -1.96. The van der Waals surface area contributed by atoms with Crippen molar-refractivity contribution in [3.05, 3.63) is 90.5 Å². The van der Waals surface area contributed by atoms with Crippen molar-refractivity contribution in [2.75, 3.05) is 6.16 Å². The Bertz CT molecular complexity index is 809. The summed E-state index contributed by atoms with van der Waals surface area (Å²) < 4.78 is 0. The molecule has 0 saturated heterocycles. The van der Waals surface area contributed by atoms with Crippen molar-refractivity contribution in [2.45, 2.75) is 19.8 Å². The first kappa shape index (κ1) is 21.3. The Balaban J connectivity index is 0.00000261. The van der Waals surface area contributed by atoms with Gasteiger partial charge in [0, 0.05) is 0 Å². The van der Waals surface area contributed by atoms with E-state index in [9.17, 15) is 9.90 Å². The third kappa shape index (κ3) is 4.48. The first-order valence-electron chi connectivity index (χ1n) is 9.01. The van der Waals surface area contributed by atoms with Gasteiger partial charge in [-0.25, -0.2) is 4.79 Å². The number of carboxylic acid groups (broad SMARTS) is 1. The van der Waals surface area contributed by atoms with Gasteiger partial charge in [0.2, 0.25) is 0 Å². The van der Waals surface area contributed by atoms with Crippen molar-refractivity contribution in [1.29, 1.82) is 0 Å². The smallest absolute Gasteiger partial charge is 0.335 e. The molecule has 0 aliphatic rings. The average Bonchev–Trinajstić information content (AvgIpc) is 2.70. The van der Waals surface area contributed by atoms with Crippen LogP contribution in [-0.2, 0) is 0 Å². The summed E-state index contributed by atoms with van der Waals surface area (Å²) in [6.45, 7) is 2.22. The number of carboxylic acids is 1. The van der Waals surface area contributed by atoms with Crippen molar-refractivity contribution in [3.8, 4) is 0 Å². The van der Waals surface area contributed by atoms with E-state index in [1.807, 2.05) is 12.1 Å². The van der Waals surface area contributed by atoms with Crippen LogP contribution in [0.3, 0.4) is 0 Å². The molecule has 0 bridgehead atoms. The fraction of sp³-hybridized carbons (Fsp3) is 0.174. The van der Waals surface area contributed by atoms with Crippen LogP contribution in [-0.4, -0.2) is 17.2 Å². The SMILES string of the molecule is CCCC[P+](c1ccccc1)(c1ccccc1)c1ccc(C(=O)O)cc1.[Br-]. The van der Waals surface area contributed by atoms with Gasteiger partial charge in [0.05, 0.1) is 11.7 Å². The molecule has 3 aromatic rings. The summed E-state index contributed by atoms with van der Waals surface area (Å²) in [5.74, 6) is -0.881. The molecule has 0 radical (unpaired) electrons. The van der Waals surface area contributed by atoms with Gasteiger partial charge in [0.25, 0.3) is 0 Å². The highest BCUT2D eigenvalue weighted by Gasteiger charge is 2.44. The van der Waals surface area contributed by atoms with Gasteiger partial charge in [0.15, 0.2) is 0 Å². The second-order valence-corrected chi connectivity index (χ2v) is 10.0. The van der Waals surface area contributed by atoms with Crippen molar-refractivity contribution in [1.82, 2.24) is 0 Å². The summed E-state index contributed by atoms with van der Waals surface area (Å²) in [6.07, 6.45) is 3.36. The van der Waals surface area contributed by atoms with Crippen LogP contribution in [0.4, 0.5) is 0 Å². The number of rotatable bonds is 7. The van der Waals surface area contributed by atoms with E-state index in [0.717, 1.165) is 19.0 Å². The maximum absolute atomic E-state index is 11.3. The molecule has 0 heterocycles. The summed E-state index contributed by atoms with van der Waals surface area (Å²) >= 11 is 0. The van der Waals surface area contributed by atoms with Crippen molar-refractivity contribution >= 4 is 29.1 Å². The lowest BCUT2D eigenvalue weighted by Gasteiger charge is -2.27. The van der Waals surface area contributed by atoms with Crippen LogP contribution >= 0.6 is 7.26 Å². The molecule has 4 heteroatoms. The van der Waals surface area contributed by atoms with Crippen molar-refractivity contribution in [3.63, 3.8) is 0 Å². The molecule has 27 heavy (non-hydrogen) atoms. The zero-order valence-corrected chi connectivity index (χ0v) is 17.9. The molecule has 0 aliphatic heterocycles. The van der Waals surface area contributed by atoms with Crippen LogP contribution in [0.2, 0.25) is 0 Å². The summed E-state index contributed by atoms with van der Waals surface area (Å²) in [5.41, 5.74) is 0.337. The zero-order valence-electron chi connectivity index (χ0n) is 15.4. The maximum atomic E-state index is 11.3. The van der Waals surface area contributed by atoms with Crippen LogP contribution in [0.1, 0.15) is 30.1 Å². The number of carbonyl (C=O) groups is 1. The Kier molecular flexibility index (Phi) is 7.77. The van der Waals surface area contributed by atoms with E-state index in [1.54, 1.807) is 12.1 Å². The van der Waals surface area contributed by atoms with E-state index in [2.05, 4.69) is 67.6 Å². The molecule has 3 rings (SSSR count). The van der Waals surface area contributed by atoms with Gasteiger partial charge in [-0.05, 0) is 55.0 Å². The van der Waals surface area contributed by atoms with Gasteiger partial charge >= 0.3 is 5.97 Å². The fourth-order valence-electron chi connectivity index (χ4n) is 3.45. The van der Waals surface area contributed by atoms with Crippen molar-refractivity contribution < 1.29 is 26.9 Å². The zero-order chi connectivity index (χ0) is 18.4. The number of hydrogen-bond acceptors (Lipinski definition) is 1. The molecule has 140 valence electrons. The summed E-state index contributed by atoms with van der Waals surface area (Å²) in [5, 5.41) is 13.2. The molecular weight excluding hydrogens is 419 g/mol. The Morgan fingerprint density at radius 1 is 0.778 bits per heavy atom. The van der Waals surface area contributed by atoms with Crippen LogP contribution in [0.25, 0.3) is 0 Å². The molecule has 0 amide bonds. The third-order valence-corrected chi connectivity index (χ3v) is 9.32. The second-order valence-electron chi connectivity index (χ2n) is 6.41. The number of aromatic carboxylic acids is 1. The fourth-order valence-corrected chi connectivity index (χ4v) is 7.93. The average molecular weight is 443 g/mol. The molecule has 0 aliphatic carbocycles. The standard InChI is InChI=1S/C23H23O2P.BrH/c1-2-3-18-26(20-10-6-4-7-11-20,21-12-8-5-9-13-21)22-16-14-19(15-17-22)23(24)25;/h4-17H,2-3,18H2,1H3;1H. The summed E-state index contributed by atoms with van der Waals surface area (Å²) in [7, 11) is -1.81. The molecular formula is C23H24BrO2P. The number of halogens is 1. The van der Waals surface area contributed by atoms with E-state index < -0.39 is 13.2 Å². The van der Waals surface area contributed by atoms with E-state index >= 15 is 0 Å². The minimum atomic E-state index is -1.81. The largest absolute Gasteiger partial charge is 1.00 e. The summed E-state index contributed by atoms with van der Waals surface area (Å²) in [4.78, 5) is 11.3. The lowest BCUT2D eigenvalue weighted by atomic mass is 10.2.